The summed E-state index contributed by atoms with van der Waals surface area (Å²) >= 11 is 0. The van der Waals surface area contributed by atoms with Crippen LogP contribution < -0.4 is 0 Å². The van der Waals surface area contributed by atoms with E-state index in [-0.39, 0.29) is 5.82 Å². The van der Waals surface area contributed by atoms with Gasteiger partial charge >= 0.3 is 0 Å². The second-order valence-corrected chi connectivity index (χ2v) is 7.33. The van der Waals surface area contributed by atoms with Crippen LogP contribution in [0.2, 0.25) is 0 Å². The smallest absolute Gasteiger partial charge is 0.123 e. The van der Waals surface area contributed by atoms with Crippen molar-refractivity contribution in [2.24, 2.45) is 5.92 Å². The standard InChI is InChI=1S/C19H30FN3/c1-21-9-2-4-18(14-21)16-23-11-3-10-22(12-13-23)15-17-5-7-19(20)8-6-17/h5-8,18H,2-4,9-16H2,1H3. The molecule has 128 valence electrons. The normalized spacial score (nSPS) is 25.4. The van der Waals surface area contributed by atoms with Crippen molar-refractivity contribution in [1.82, 2.24) is 14.7 Å². The fourth-order valence-corrected chi connectivity index (χ4v) is 4.00. The minimum atomic E-state index is -0.145. The molecule has 0 amide bonds. The Hall–Kier alpha value is -0.970. The summed E-state index contributed by atoms with van der Waals surface area (Å²) in [5, 5.41) is 0. The zero-order valence-electron chi connectivity index (χ0n) is 14.4. The molecule has 2 saturated heterocycles. The fraction of sp³-hybridized carbons (Fsp3) is 0.684. The highest BCUT2D eigenvalue weighted by molar-refractivity contribution is 5.15. The first-order valence-electron chi connectivity index (χ1n) is 9.07. The van der Waals surface area contributed by atoms with Crippen molar-refractivity contribution >= 4 is 0 Å². The number of hydrogen-bond donors (Lipinski definition) is 0. The molecule has 0 radical (unpaired) electrons. The van der Waals surface area contributed by atoms with Gasteiger partial charge in [0.15, 0.2) is 0 Å². The lowest BCUT2D eigenvalue weighted by molar-refractivity contribution is 0.153. The Morgan fingerprint density at radius 2 is 1.70 bits per heavy atom. The molecule has 0 spiro atoms. The van der Waals surface area contributed by atoms with Gasteiger partial charge in [-0.25, -0.2) is 4.39 Å². The third kappa shape index (κ3) is 5.27. The number of nitrogens with zero attached hydrogens (tertiary/aromatic N) is 3. The SMILES string of the molecule is CN1CCCC(CN2CCCN(Cc3ccc(F)cc3)CC2)C1. The van der Waals surface area contributed by atoms with Crippen LogP contribution >= 0.6 is 0 Å². The zero-order chi connectivity index (χ0) is 16.1. The highest BCUT2D eigenvalue weighted by Crippen LogP contribution is 2.18. The van der Waals surface area contributed by atoms with Gasteiger partial charge in [0, 0.05) is 32.7 Å². The molecule has 0 N–H and O–H groups in total. The van der Waals surface area contributed by atoms with Crippen molar-refractivity contribution in [1.29, 1.82) is 0 Å². The Morgan fingerprint density at radius 1 is 0.957 bits per heavy atom. The molecule has 2 fully saturated rings. The Bertz CT molecular complexity index is 476. The van der Waals surface area contributed by atoms with Gasteiger partial charge in [-0.15, -0.1) is 0 Å². The predicted molar refractivity (Wildman–Crippen MR) is 93.0 cm³/mol. The number of benzene rings is 1. The number of hydrogen-bond acceptors (Lipinski definition) is 3. The Balaban J connectivity index is 1.46. The van der Waals surface area contributed by atoms with E-state index in [2.05, 4.69) is 21.7 Å². The molecule has 1 unspecified atom stereocenters. The maximum absolute atomic E-state index is 13.0. The fourth-order valence-electron chi connectivity index (χ4n) is 4.00. The molecule has 3 nitrogen and oxygen atoms in total. The molecule has 1 aromatic carbocycles. The zero-order valence-corrected chi connectivity index (χ0v) is 14.4. The van der Waals surface area contributed by atoms with Crippen LogP contribution in [0.3, 0.4) is 0 Å². The van der Waals surface area contributed by atoms with Crippen molar-refractivity contribution in [3.05, 3.63) is 35.6 Å². The first-order valence-corrected chi connectivity index (χ1v) is 9.07. The molecule has 2 heterocycles. The molecule has 3 rings (SSSR count). The molecular formula is C19H30FN3. The van der Waals surface area contributed by atoms with Gasteiger partial charge < -0.3 is 9.80 Å². The molecule has 2 aliphatic heterocycles. The molecule has 0 saturated carbocycles. The Morgan fingerprint density at radius 3 is 2.48 bits per heavy atom. The van der Waals surface area contributed by atoms with Crippen molar-refractivity contribution in [3.63, 3.8) is 0 Å². The molecule has 0 aliphatic carbocycles. The van der Waals surface area contributed by atoms with E-state index in [1.54, 1.807) is 12.1 Å². The van der Waals surface area contributed by atoms with Gasteiger partial charge in [0.05, 0.1) is 0 Å². The van der Waals surface area contributed by atoms with Crippen molar-refractivity contribution in [2.75, 3.05) is 52.9 Å². The van der Waals surface area contributed by atoms with Crippen LogP contribution in [0.1, 0.15) is 24.8 Å². The lowest BCUT2D eigenvalue weighted by Crippen LogP contribution is -2.40. The molecule has 0 aromatic heterocycles. The maximum atomic E-state index is 13.0. The quantitative estimate of drug-likeness (QED) is 0.845. The molecule has 1 aromatic rings. The van der Waals surface area contributed by atoms with E-state index in [1.165, 1.54) is 57.5 Å². The Kier molecular flexibility index (Phi) is 6.03. The second-order valence-electron chi connectivity index (χ2n) is 7.33. The average molecular weight is 319 g/mol. The summed E-state index contributed by atoms with van der Waals surface area (Å²) in [6, 6.07) is 6.96. The minimum absolute atomic E-state index is 0.145. The molecule has 4 heteroatoms. The van der Waals surface area contributed by atoms with Gasteiger partial charge in [-0.1, -0.05) is 12.1 Å². The van der Waals surface area contributed by atoms with Gasteiger partial charge in [0.2, 0.25) is 0 Å². The third-order valence-electron chi connectivity index (χ3n) is 5.24. The summed E-state index contributed by atoms with van der Waals surface area (Å²) in [7, 11) is 2.25. The lowest BCUT2D eigenvalue weighted by Gasteiger charge is -2.33. The molecule has 23 heavy (non-hydrogen) atoms. The van der Waals surface area contributed by atoms with Gasteiger partial charge in [0.25, 0.3) is 0 Å². The monoisotopic (exact) mass is 319 g/mol. The van der Waals surface area contributed by atoms with Crippen LogP contribution in [0.25, 0.3) is 0 Å². The molecule has 1 atom stereocenters. The number of piperidine rings is 1. The van der Waals surface area contributed by atoms with Crippen molar-refractivity contribution in [2.45, 2.75) is 25.8 Å². The van der Waals surface area contributed by atoms with Gasteiger partial charge in [0.1, 0.15) is 5.82 Å². The third-order valence-corrected chi connectivity index (χ3v) is 5.24. The summed E-state index contributed by atoms with van der Waals surface area (Å²) in [6.07, 6.45) is 3.98. The highest BCUT2D eigenvalue weighted by Gasteiger charge is 2.22. The maximum Gasteiger partial charge on any atom is 0.123 e. The van der Waals surface area contributed by atoms with E-state index in [0.29, 0.717) is 0 Å². The first kappa shape index (κ1) is 16.9. The van der Waals surface area contributed by atoms with Crippen molar-refractivity contribution in [3.8, 4) is 0 Å². The van der Waals surface area contributed by atoms with E-state index in [0.717, 1.165) is 25.6 Å². The number of halogens is 1. The number of rotatable bonds is 4. The minimum Gasteiger partial charge on any atom is -0.306 e. The average Bonchev–Trinajstić information content (AvgIpc) is 2.75. The van der Waals surface area contributed by atoms with Crippen LogP contribution in [-0.4, -0.2) is 67.6 Å². The van der Waals surface area contributed by atoms with Gasteiger partial charge in [-0.3, -0.25) is 4.90 Å². The highest BCUT2D eigenvalue weighted by atomic mass is 19.1. The van der Waals surface area contributed by atoms with Gasteiger partial charge in [-0.2, -0.15) is 0 Å². The predicted octanol–water partition coefficient (Wildman–Crippen LogP) is 2.68. The van der Waals surface area contributed by atoms with E-state index >= 15 is 0 Å². The van der Waals surface area contributed by atoms with Crippen LogP contribution in [0.4, 0.5) is 4.39 Å². The summed E-state index contributed by atoms with van der Waals surface area (Å²) in [5.74, 6) is 0.700. The largest absolute Gasteiger partial charge is 0.306 e. The van der Waals surface area contributed by atoms with E-state index in [9.17, 15) is 4.39 Å². The second kappa shape index (κ2) is 8.22. The number of likely N-dealkylation sites (tertiary alicyclic amines) is 1. The van der Waals surface area contributed by atoms with Crippen LogP contribution in [0, 0.1) is 11.7 Å². The lowest BCUT2D eigenvalue weighted by atomic mass is 9.98. The first-order chi connectivity index (χ1) is 11.2. The van der Waals surface area contributed by atoms with Crippen molar-refractivity contribution < 1.29 is 4.39 Å². The van der Waals surface area contributed by atoms with E-state index in [4.69, 9.17) is 0 Å². The van der Waals surface area contributed by atoms with E-state index < -0.39 is 0 Å². The molecular weight excluding hydrogens is 289 g/mol. The van der Waals surface area contributed by atoms with Crippen LogP contribution in [0.15, 0.2) is 24.3 Å². The van der Waals surface area contributed by atoms with Crippen LogP contribution in [-0.2, 0) is 6.54 Å². The summed E-state index contributed by atoms with van der Waals surface area (Å²) in [5.41, 5.74) is 1.22. The summed E-state index contributed by atoms with van der Waals surface area (Å²) in [4.78, 5) is 7.65. The Labute approximate surface area is 140 Å². The summed E-state index contributed by atoms with van der Waals surface area (Å²) < 4.78 is 13.0. The molecule has 2 aliphatic rings. The van der Waals surface area contributed by atoms with Crippen LogP contribution in [0.5, 0.6) is 0 Å². The topological polar surface area (TPSA) is 9.72 Å². The summed E-state index contributed by atoms with van der Waals surface area (Å²) in [6.45, 7) is 9.40. The van der Waals surface area contributed by atoms with E-state index in [1.807, 2.05) is 12.1 Å². The van der Waals surface area contributed by atoms with Gasteiger partial charge in [-0.05, 0) is 69.6 Å². The molecule has 0 bridgehead atoms.